The van der Waals surface area contributed by atoms with E-state index < -0.39 is 0 Å². The Labute approximate surface area is 233 Å². The van der Waals surface area contributed by atoms with Gasteiger partial charge in [0.05, 0.1) is 16.4 Å². The molecule has 2 aromatic carbocycles. The predicted molar refractivity (Wildman–Crippen MR) is 157 cm³/mol. The van der Waals surface area contributed by atoms with Gasteiger partial charge in [0.2, 0.25) is 0 Å². The molecule has 0 bridgehead atoms. The van der Waals surface area contributed by atoms with Crippen LogP contribution >= 0.6 is 11.3 Å². The molecule has 9 heteroatoms. The van der Waals surface area contributed by atoms with E-state index in [4.69, 9.17) is 0 Å². The van der Waals surface area contributed by atoms with E-state index in [0.29, 0.717) is 45.7 Å². The summed E-state index contributed by atoms with van der Waals surface area (Å²) in [5.41, 5.74) is 6.70. The van der Waals surface area contributed by atoms with E-state index in [1.165, 1.54) is 10.4 Å². The molecule has 7 aromatic rings. The highest BCUT2D eigenvalue weighted by atomic mass is 32.1. The second kappa shape index (κ2) is 10.1. The number of thiophene rings is 1. The van der Waals surface area contributed by atoms with Crippen LogP contribution in [0.15, 0.2) is 85.3 Å². The van der Waals surface area contributed by atoms with E-state index in [-0.39, 0.29) is 5.82 Å². The highest BCUT2D eigenvalue weighted by Crippen LogP contribution is 2.36. The summed E-state index contributed by atoms with van der Waals surface area (Å²) in [6.07, 6.45) is 5.23. The number of fused-ring (bicyclic) bond motifs is 2. The average molecular weight is 546 g/mol. The Bertz CT molecular complexity index is 1970. The molecule has 0 unspecified atom stereocenters. The summed E-state index contributed by atoms with van der Waals surface area (Å²) < 4.78 is 16.2. The Kier molecular flexibility index (Phi) is 6.14. The molecular formula is C31H24FN7S. The lowest BCUT2D eigenvalue weighted by molar-refractivity contribution is 0.643. The van der Waals surface area contributed by atoms with Crippen molar-refractivity contribution in [3.8, 4) is 33.1 Å². The van der Waals surface area contributed by atoms with E-state index in [2.05, 4.69) is 66.6 Å². The van der Waals surface area contributed by atoms with Crippen molar-refractivity contribution in [2.75, 3.05) is 0 Å². The zero-order valence-corrected chi connectivity index (χ0v) is 22.4. The molecular weight excluding hydrogens is 521 g/mol. The first-order valence-corrected chi connectivity index (χ1v) is 13.7. The Balaban J connectivity index is 1.23. The molecule has 0 radical (unpaired) electrons. The molecule has 0 aliphatic rings. The van der Waals surface area contributed by atoms with Crippen LogP contribution in [0.1, 0.15) is 16.0 Å². The largest absolute Gasteiger partial charge is 0.335 e. The topological polar surface area (TPSA) is 95.2 Å². The second-order valence-corrected chi connectivity index (χ2v) is 10.9. The van der Waals surface area contributed by atoms with E-state index in [0.717, 1.165) is 28.1 Å². The van der Waals surface area contributed by atoms with Crippen LogP contribution in [0, 0.1) is 12.7 Å². The number of aryl methyl sites for hydroxylation is 1. The lowest BCUT2D eigenvalue weighted by atomic mass is 10.0. The first kappa shape index (κ1) is 24.3. The SMILES string of the molecule is Cc1ccc(-c2ccnc3nc(-c4n[nH]c5ccc(-c6cncc(CNCc7ccccc7)c6)c(F)c45)[nH]c23)s1. The van der Waals surface area contributed by atoms with Gasteiger partial charge >= 0.3 is 0 Å². The second-order valence-electron chi connectivity index (χ2n) is 9.65. The Hall–Kier alpha value is -4.73. The van der Waals surface area contributed by atoms with Gasteiger partial charge < -0.3 is 10.3 Å². The van der Waals surface area contributed by atoms with Crippen molar-refractivity contribution >= 4 is 33.4 Å². The number of pyridine rings is 2. The highest BCUT2D eigenvalue weighted by molar-refractivity contribution is 7.15. The summed E-state index contributed by atoms with van der Waals surface area (Å²) in [6.45, 7) is 3.44. The molecule has 0 aliphatic carbocycles. The molecule has 7 rings (SSSR count). The molecule has 0 saturated heterocycles. The van der Waals surface area contributed by atoms with E-state index in [1.54, 1.807) is 36.0 Å². The van der Waals surface area contributed by atoms with Gasteiger partial charge in [-0.25, -0.2) is 14.4 Å². The summed E-state index contributed by atoms with van der Waals surface area (Å²) in [5, 5.41) is 11.2. The van der Waals surface area contributed by atoms with E-state index >= 15 is 4.39 Å². The average Bonchev–Trinajstić information content (AvgIpc) is 3.72. The number of nitrogens with zero attached hydrogens (tertiary/aromatic N) is 4. The van der Waals surface area contributed by atoms with Crippen LogP contribution < -0.4 is 5.32 Å². The van der Waals surface area contributed by atoms with Gasteiger partial charge in [-0.15, -0.1) is 11.3 Å². The number of H-pyrrole nitrogens is 2. The fourth-order valence-corrected chi connectivity index (χ4v) is 5.85. The smallest absolute Gasteiger partial charge is 0.178 e. The first-order chi connectivity index (χ1) is 19.6. The van der Waals surface area contributed by atoms with Gasteiger partial charge in [0, 0.05) is 58.1 Å². The number of nitrogens with one attached hydrogen (secondary N) is 3. The van der Waals surface area contributed by atoms with Crippen LogP contribution in [-0.4, -0.2) is 30.1 Å². The number of hydrogen-bond donors (Lipinski definition) is 3. The number of aromatic nitrogens is 6. The van der Waals surface area contributed by atoms with Crippen molar-refractivity contribution in [2.45, 2.75) is 20.0 Å². The number of aromatic amines is 2. The lowest BCUT2D eigenvalue weighted by Gasteiger charge is -2.09. The highest BCUT2D eigenvalue weighted by Gasteiger charge is 2.21. The van der Waals surface area contributed by atoms with Crippen LogP contribution in [0.2, 0.25) is 0 Å². The molecule has 0 spiro atoms. The molecule has 5 aromatic heterocycles. The van der Waals surface area contributed by atoms with Crippen molar-refractivity contribution in [1.82, 2.24) is 35.5 Å². The zero-order chi connectivity index (χ0) is 27.1. The van der Waals surface area contributed by atoms with Crippen LogP contribution in [0.3, 0.4) is 0 Å². The van der Waals surface area contributed by atoms with E-state index in [1.807, 2.05) is 36.4 Å². The van der Waals surface area contributed by atoms with Crippen molar-refractivity contribution in [1.29, 1.82) is 0 Å². The number of benzene rings is 2. The molecule has 0 aliphatic heterocycles. The lowest BCUT2D eigenvalue weighted by Crippen LogP contribution is -2.12. The summed E-state index contributed by atoms with van der Waals surface area (Å²) in [6, 6.07) is 21.9. The van der Waals surface area contributed by atoms with Crippen molar-refractivity contribution in [2.24, 2.45) is 0 Å². The number of rotatable bonds is 7. The molecule has 0 amide bonds. The number of halogens is 1. The van der Waals surface area contributed by atoms with Gasteiger partial charge in [-0.2, -0.15) is 5.10 Å². The summed E-state index contributed by atoms with van der Waals surface area (Å²) in [7, 11) is 0. The third kappa shape index (κ3) is 4.45. The third-order valence-corrected chi connectivity index (χ3v) is 7.93. The van der Waals surface area contributed by atoms with Gasteiger partial charge in [-0.05, 0) is 54.4 Å². The fourth-order valence-electron chi connectivity index (χ4n) is 4.95. The summed E-state index contributed by atoms with van der Waals surface area (Å²) in [4.78, 5) is 19.2. The van der Waals surface area contributed by atoms with Crippen LogP contribution in [0.25, 0.3) is 55.2 Å². The molecule has 0 atom stereocenters. The monoisotopic (exact) mass is 545 g/mol. The van der Waals surface area contributed by atoms with Crippen LogP contribution in [0.4, 0.5) is 4.39 Å². The Morgan fingerprint density at radius 2 is 1.80 bits per heavy atom. The third-order valence-electron chi connectivity index (χ3n) is 6.90. The maximum absolute atomic E-state index is 16.2. The minimum atomic E-state index is -0.375. The fraction of sp³-hybridized carbons (Fsp3) is 0.0968. The van der Waals surface area contributed by atoms with Crippen LogP contribution in [0.5, 0.6) is 0 Å². The summed E-state index contributed by atoms with van der Waals surface area (Å²) >= 11 is 1.70. The standard InChI is InChI=1S/C31H24FN7S/c1-18-7-10-25(40-18)23-11-12-35-30-28(23)36-31(37-30)29-26-24(38-39-29)9-8-22(27(26)32)21-13-20(16-34-17-21)15-33-14-19-5-3-2-4-6-19/h2-13,16-17,33H,14-15H2,1H3,(H,38,39)(H,35,36,37). The van der Waals surface area contributed by atoms with Crippen molar-refractivity contribution < 1.29 is 4.39 Å². The molecule has 0 saturated carbocycles. The van der Waals surface area contributed by atoms with Gasteiger partial charge in [-0.3, -0.25) is 10.1 Å². The van der Waals surface area contributed by atoms with Gasteiger partial charge in [0.1, 0.15) is 11.5 Å². The first-order valence-electron chi connectivity index (χ1n) is 12.9. The molecule has 0 fully saturated rings. The maximum Gasteiger partial charge on any atom is 0.178 e. The molecule has 5 heterocycles. The Morgan fingerprint density at radius 1 is 0.925 bits per heavy atom. The van der Waals surface area contributed by atoms with Gasteiger partial charge in [-0.1, -0.05) is 30.3 Å². The van der Waals surface area contributed by atoms with Crippen LogP contribution in [-0.2, 0) is 13.1 Å². The number of imidazole rings is 1. The van der Waals surface area contributed by atoms with Gasteiger partial charge in [0.15, 0.2) is 11.5 Å². The Morgan fingerprint density at radius 3 is 2.65 bits per heavy atom. The zero-order valence-electron chi connectivity index (χ0n) is 21.6. The maximum atomic E-state index is 16.2. The van der Waals surface area contributed by atoms with Crippen molar-refractivity contribution in [3.05, 3.63) is 107 Å². The minimum Gasteiger partial charge on any atom is -0.335 e. The predicted octanol–water partition coefficient (Wildman–Crippen LogP) is 7.03. The molecule has 7 nitrogen and oxygen atoms in total. The molecule has 40 heavy (non-hydrogen) atoms. The normalized spacial score (nSPS) is 11.6. The minimum absolute atomic E-state index is 0.373. The van der Waals surface area contributed by atoms with Gasteiger partial charge in [0.25, 0.3) is 0 Å². The molecule has 3 N–H and O–H groups in total. The summed E-state index contributed by atoms with van der Waals surface area (Å²) in [5.74, 6) is 0.0856. The quantitative estimate of drug-likeness (QED) is 0.200. The van der Waals surface area contributed by atoms with E-state index in [9.17, 15) is 0 Å². The van der Waals surface area contributed by atoms with Crippen molar-refractivity contribution in [3.63, 3.8) is 0 Å². The molecule has 196 valence electrons. The number of hydrogen-bond acceptors (Lipinski definition) is 6.